The number of aryl methyl sites for hydroxylation is 1. The van der Waals surface area contributed by atoms with Crippen molar-refractivity contribution in [2.45, 2.75) is 89.6 Å². The van der Waals surface area contributed by atoms with Crippen LogP contribution in [0.2, 0.25) is 0 Å². The number of nitrogens with zero attached hydrogens (tertiary/aromatic N) is 6. The Morgan fingerprint density at radius 3 is 2.43 bits per heavy atom. The molecule has 1 unspecified atom stereocenters. The van der Waals surface area contributed by atoms with E-state index in [9.17, 15) is 19.2 Å². The van der Waals surface area contributed by atoms with Gasteiger partial charge in [0.2, 0.25) is 11.8 Å². The van der Waals surface area contributed by atoms with Gasteiger partial charge in [0.25, 0.3) is 0 Å². The molecule has 2 aromatic rings. The van der Waals surface area contributed by atoms with Crippen LogP contribution in [0.1, 0.15) is 82.6 Å². The molecule has 248 valence electrons. The molecule has 1 N–H and O–H groups in total. The summed E-state index contributed by atoms with van der Waals surface area (Å²) in [6.45, 7) is 2.94. The molecule has 7 rings (SSSR count). The smallest absolute Gasteiger partial charge is 0.359 e. The Morgan fingerprint density at radius 1 is 0.913 bits per heavy atom. The first kappa shape index (κ1) is 30.9. The summed E-state index contributed by atoms with van der Waals surface area (Å²) in [6.07, 6.45) is 11.2. The molecule has 12 nitrogen and oxygen atoms in total. The molecule has 5 aliphatic rings. The van der Waals surface area contributed by atoms with E-state index in [-0.39, 0.29) is 30.2 Å². The Labute approximate surface area is 270 Å². The fourth-order valence-corrected chi connectivity index (χ4v) is 8.46. The van der Waals surface area contributed by atoms with Crippen molar-refractivity contribution < 1.29 is 23.9 Å². The van der Waals surface area contributed by atoms with Crippen LogP contribution in [0.5, 0.6) is 0 Å². The van der Waals surface area contributed by atoms with Gasteiger partial charge in [-0.1, -0.05) is 11.3 Å². The molecular weight excluding hydrogens is 586 g/mol. The molecule has 3 atom stereocenters. The molecule has 0 radical (unpaired) electrons. The minimum Gasteiger partial charge on any atom is -0.359 e. The molecule has 2 aliphatic carbocycles. The fourth-order valence-electron chi connectivity index (χ4n) is 8.46. The number of benzene rings is 1. The van der Waals surface area contributed by atoms with Crippen molar-refractivity contribution in [2.24, 2.45) is 30.2 Å². The SMILES string of the molecule is Cn1nnc2cc(CNC(=O)[C@@H]3C[C@@H](CC4CCC5(CC4)CC5)CN3C(=O)OC(=O)N3CCCC(C(=O)N4CCCC4)C3)ccc21. The maximum atomic E-state index is 13.6. The second-order valence-electron chi connectivity index (χ2n) is 14.7. The average Bonchev–Trinajstić information content (AvgIpc) is 3.42. The van der Waals surface area contributed by atoms with Crippen molar-refractivity contribution in [2.75, 3.05) is 32.7 Å². The Morgan fingerprint density at radius 2 is 1.67 bits per heavy atom. The van der Waals surface area contributed by atoms with E-state index in [1.807, 2.05) is 30.1 Å². The van der Waals surface area contributed by atoms with Crippen LogP contribution in [-0.4, -0.2) is 92.5 Å². The minimum atomic E-state index is -0.776. The van der Waals surface area contributed by atoms with Gasteiger partial charge in [0.15, 0.2) is 0 Å². The van der Waals surface area contributed by atoms with E-state index in [0.717, 1.165) is 55.4 Å². The van der Waals surface area contributed by atoms with E-state index in [1.165, 1.54) is 48.3 Å². The normalized spacial score (nSPS) is 26.1. The number of amides is 4. The molecular formula is C34H47N7O5. The molecule has 12 heteroatoms. The number of carbonyl (C=O) groups excluding carboxylic acids is 4. The zero-order chi connectivity index (χ0) is 31.8. The summed E-state index contributed by atoms with van der Waals surface area (Å²) < 4.78 is 7.15. The number of fused-ring (bicyclic) bond motifs is 1. The van der Waals surface area contributed by atoms with Crippen LogP contribution in [-0.2, 0) is 27.9 Å². The lowest BCUT2D eigenvalue weighted by Crippen LogP contribution is -2.49. The summed E-state index contributed by atoms with van der Waals surface area (Å²) in [5.74, 6) is 0.352. The third kappa shape index (κ3) is 6.57. The monoisotopic (exact) mass is 633 g/mol. The molecule has 4 amide bonds. The largest absolute Gasteiger partial charge is 0.419 e. The van der Waals surface area contributed by atoms with Gasteiger partial charge in [-0.25, -0.2) is 14.3 Å². The predicted octanol–water partition coefficient (Wildman–Crippen LogP) is 4.23. The second kappa shape index (κ2) is 12.8. The van der Waals surface area contributed by atoms with E-state index in [2.05, 4.69) is 15.6 Å². The van der Waals surface area contributed by atoms with Crippen LogP contribution in [0, 0.1) is 23.2 Å². The Hall–Kier alpha value is -3.70. The van der Waals surface area contributed by atoms with Crippen molar-refractivity contribution in [1.29, 1.82) is 0 Å². The predicted molar refractivity (Wildman–Crippen MR) is 169 cm³/mol. The highest BCUT2D eigenvalue weighted by Crippen LogP contribution is 2.57. The standard InChI is InChI=1S/C34H47N7O5/c1-38-28-7-6-24(18-27(28)36-37-38)20-35-30(42)29-19-25(17-23-8-10-34(11-9-23)12-13-34)21-41(29)33(45)46-32(44)40-16-4-5-26(22-40)31(43)39-14-2-3-15-39/h6-7,18,23,25-26,29H,2-5,8-17,19-22H2,1H3,(H,35,42)/t25-,26?,29+/m1/s1. The number of hydrogen-bond donors (Lipinski definition) is 1. The Bertz CT molecular complexity index is 1470. The first-order valence-electron chi connectivity index (χ1n) is 17.4. The van der Waals surface area contributed by atoms with Crippen molar-refractivity contribution in [3.8, 4) is 0 Å². The van der Waals surface area contributed by atoms with Gasteiger partial charge in [0, 0.05) is 46.3 Å². The molecule has 4 heterocycles. The summed E-state index contributed by atoms with van der Waals surface area (Å²) in [7, 11) is 1.83. The minimum absolute atomic E-state index is 0.0919. The van der Waals surface area contributed by atoms with Gasteiger partial charge in [0.1, 0.15) is 11.6 Å². The van der Waals surface area contributed by atoms with Crippen LogP contribution in [0.3, 0.4) is 0 Å². The lowest BCUT2D eigenvalue weighted by atomic mass is 9.76. The van der Waals surface area contributed by atoms with E-state index in [1.54, 1.807) is 4.68 Å². The van der Waals surface area contributed by atoms with Gasteiger partial charge >= 0.3 is 12.2 Å². The number of aromatic nitrogens is 3. The third-order valence-corrected chi connectivity index (χ3v) is 11.5. The van der Waals surface area contributed by atoms with Crippen molar-refractivity contribution in [3.05, 3.63) is 23.8 Å². The van der Waals surface area contributed by atoms with Crippen LogP contribution in [0.25, 0.3) is 11.0 Å². The van der Waals surface area contributed by atoms with E-state index < -0.39 is 18.2 Å². The molecule has 1 spiro atoms. The summed E-state index contributed by atoms with van der Waals surface area (Å²) in [5.41, 5.74) is 3.16. The number of rotatable bonds is 6. The van der Waals surface area contributed by atoms with E-state index >= 15 is 0 Å². The van der Waals surface area contributed by atoms with Crippen molar-refractivity contribution >= 4 is 35.0 Å². The lowest BCUT2D eigenvalue weighted by Gasteiger charge is -2.33. The van der Waals surface area contributed by atoms with Gasteiger partial charge in [0.05, 0.1) is 11.4 Å². The Balaban J connectivity index is 0.990. The molecule has 3 saturated heterocycles. The van der Waals surface area contributed by atoms with E-state index in [0.29, 0.717) is 43.8 Å². The highest BCUT2D eigenvalue weighted by atomic mass is 16.6. The van der Waals surface area contributed by atoms with Gasteiger partial charge in [-0.3, -0.25) is 14.5 Å². The van der Waals surface area contributed by atoms with Crippen LogP contribution >= 0.6 is 0 Å². The summed E-state index contributed by atoms with van der Waals surface area (Å²) in [6, 6.07) is 5.05. The number of ether oxygens (including phenoxy) is 1. The van der Waals surface area contributed by atoms with Gasteiger partial charge in [-0.05, 0) is 112 Å². The van der Waals surface area contributed by atoms with Crippen LogP contribution < -0.4 is 5.32 Å². The highest BCUT2D eigenvalue weighted by Gasteiger charge is 2.47. The molecule has 1 aromatic carbocycles. The fraction of sp³-hybridized carbons (Fsp3) is 0.706. The first-order chi connectivity index (χ1) is 22.3. The molecule has 3 aliphatic heterocycles. The van der Waals surface area contributed by atoms with Crippen LogP contribution in [0.4, 0.5) is 9.59 Å². The third-order valence-electron chi connectivity index (χ3n) is 11.5. The quantitative estimate of drug-likeness (QED) is 0.472. The summed E-state index contributed by atoms with van der Waals surface area (Å²) in [5, 5.41) is 11.2. The van der Waals surface area contributed by atoms with E-state index in [4.69, 9.17) is 4.74 Å². The number of nitrogens with one attached hydrogen (secondary N) is 1. The Kier molecular flexibility index (Phi) is 8.63. The van der Waals surface area contributed by atoms with Crippen LogP contribution in [0.15, 0.2) is 18.2 Å². The first-order valence-corrected chi connectivity index (χ1v) is 17.4. The van der Waals surface area contributed by atoms with Gasteiger partial charge in [-0.15, -0.1) is 5.10 Å². The van der Waals surface area contributed by atoms with Crippen molar-refractivity contribution in [1.82, 2.24) is 35.0 Å². The van der Waals surface area contributed by atoms with Gasteiger partial charge in [-0.2, -0.15) is 0 Å². The average molecular weight is 634 g/mol. The zero-order valence-corrected chi connectivity index (χ0v) is 27.0. The maximum Gasteiger partial charge on any atom is 0.419 e. The maximum absolute atomic E-state index is 13.6. The summed E-state index contributed by atoms with van der Waals surface area (Å²) >= 11 is 0. The molecule has 1 aromatic heterocycles. The highest BCUT2D eigenvalue weighted by molar-refractivity contribution is 5.90. The topological polar surface area (TPSA) is 130 Å². The van der Waals surface area contributed by atoms with Crippen molar-refractivity contribution in [3.63, 3.8) is 0 Å². The zero-order valence-electron chi connectivity index (χ0n) is 27.0. The number of hydrogen-bond acceptors (Lipinski definition) is 7. The number of carbonyl (C=O) groups is 4. The number of likely N-dealkylation sites (tertiary alicyclic amines) is 3. The number of piperidine rings is 1. The summed E-state index contributed by atoms with van der Waals surface area (Å²) in [4.78, 5) is 58.3. The molecule has 2 saturated carbocycles. The second-order valence-corrected chi connectivity index (χ2v) is 14.7. The molecule has 0 bridgehead atoms. The molecule has 5 fully saturated rings. The lowest BCUT2D eigenvalue weighted by molar-refractivity contribution is -0.136. The van der Waals surface area contributed by atoms with Gasteiger partial charge < -0.3 is 19.9 Å². The molecule has 46 heavy (non-hydrogen) atoms.